The summed E-state index contributed by atoms with van der Waals surface area (Å²) in [6.07, 6.45) is 4.98. The first-order valence-corrected chi connectivity index (χ1v) is 15.4. The summed E-state index contributed by atoms with van der Waals surface area (Å²) in [5.41, 5.74) is 3.17. The number of H-pyrrole nitrogens is 1. The molecule has 11 heteroatoms. The molecule has 2 aliphatic heterocycles. The third-order valence-electron chi connectivity index (χ3n) is 8.91. The smallest absolute Gasteiger partial charge is 0.259 e. The first-order chi connectivity index (χ1) is 21.0. The maximum Gasteiger partial charge on any atom is 0.259 e. The topological polar surface area (TPSA) is 125 Å². The van der Waals surface area contributed by atoms with Crippen LogP contribution in [0.25, 0.3) is 21.8 Å². The van der Waals surface area contributed by atoms with Crippen molar-refractivity contribution in [3.63, 3.8) is 0 Å². The molecule has 1 aromatic carbocycles. The zero-order chi connectivity index (χ0) is 31.2. The molecule has 2 saturated heterocycles. The number of carbonyl (C=O) groups excluding carboxylic acids is 2. The van der Waals surface area contributed by atoms with Gasteiger partial charge in [0.15, 0.2) is 0 Å². The lowest BCUT2D eigenvalue weighted by Crippen LogP contribution is -2.53. The van der Waals surface area contributed by atoms with Crippen molar-refractivity contribution in [1.29, 1.82) is 0 Å². The molecule has 4 aromatic rings. The van der Waals surface area contributed by atoms with Crippen molar-refractivity contribution in [3.05, 3.63) is 63.7 Å². The summed E-state index contributed by atoms with van der Waals surface area (Å²) in [4.78, 5) is 51.3. The third-order valence-corrected chi connectivity index (χ3v) is 8.91. The summed E-state index contributed by atoms with van der Waals surface area (Å²) in [5.74, 6) is 0.477. The number of nitrogens with one attached hydrogen (secondary N) is 2. The van der Waals surface area contributed by atoms with E-state index in [1.807, 2.05) is 61.5 Å². The first-order valence-electron chi connectivity index (χ1n) is 15.4. The quantitative estimate of drug-likeness (QED) is 0.351. The lowest BCUT2D eigenvalue weighted by molar-refractivity contribution is -0.123. The molecule has 2 aliphatic rings. The minimum Gasteiger partial charge on any atom is -0.381 e. The van der Waals surface area contributed by atoms with E-state index in [-0.39, 0.29) is 29.5 Å². The average Bonchev–Trinajstić information content (AvgIpc) is 3.45. The van der Waals surface area contributed by atoms with Crippen LogP contribution in [0.2, 0.25) is 0 Å². The van der Waals surface area contributed by atoms with Gasteiger partial charge in [0.1, 0.15) is 5.82 Å². The fourth-order valence-electron chi connectivity index (χ4n) is 6.21. The molecule has 2 amide bonds. The Balaban J connectivity index is 1.23. The van der Waals surface area contributed by atoms with E-state index in [0.29, 0.717) is 61.7 Å². The Bertz CT molecular complexity index is 1780. The minimum atomic E-state index is -0.527. The van der Waals surface area contributed by atoms with Crippen LogP contribution in [0.1, 0.15) is 68.1 Å². The van der Waals surface area contributed by atoms with Crippen LogP contribution in [0.3, 0.4) is 0 Å². The molecule has 0 bridgehead atoms. The van der Waals surface area contributed by atoms with Crippen molar-refractivity contribution < 1.29 is 14.3 Å². The van der Waals surface area contributed by atoms with E-state index >= 15 is 0 Å². The van der Waals surface area contributed by atoms with Gasteiger partial charge in [0.2, 0.25) is 5.91 Å². The number of carbonyl (C=O) groups is 2. The van der Waals surface area contributed by atoms with Crippen LogP contribution in [-0.2, 0) is 16.1 Å². The molecule has 232 valence electrons. The SMILES string of the molecule is Cc1cc2[nH]c(=O)c3cnn(C4CCOCC4)c3c2cc1C(=O)N1CCN(Cc2cccnc2NC(=O)C(C)(C)C)[C@@H](C)C1. The van der Waals surface area contributed by atoms with Crippen molar-refractivity contribution in [3.8, 4) is 0 Å². The molecule has 0 aliphatic carbocycles. The zero-order valence-electron chi connectivity index (χ0n) is 26.1. The number of ether oxygens (including phenoxy) is 1. The third kappa shape index (κ3) is 5.73. The molecule has 2 N–H and O–H groups in total. The van der Waals surface area contributed by atoms with Gasteiger partial charge in [-0.05, 0) is 50.5 Å². The molecule has 0 radical (unpaired) electrons. The maximum atomic E-state index is 14.0. The van der Waals surface area contributed by atoms with Crippen LogP contribution in [-0.4, -0.2) is 80.3 Å². The van der Waals surface area contributed by atoms with E-state index in [1.165, 1.54) is 0 Å². The van der Waals surface area contributed by atoms with Gasteiger partial charge in [-0.1, -0.05) is 26.8 Å². The number of aromatic nitrogens is 4. The van der Waals surface area contributed by atoms with Crippen LogP contribution in [0.15, 0.2) is 41.5 Å². The molecule has 1 atom stereocenters. The van der Waals surface area contributed by atoms with Gasteiger partial charge < -0.3 is 19.9 Å². The highest BCUT2D eigenvalue weighted by molar-refractivity contribution is 6.07. The van der Waals surface area contributed by atoms with E-state index in [0.717, 1.165) is 34.9 Å². The Morgan fingerprint density at radius 1 is 1.14 bits per heavy atom. The zero-order valence-corrected chi connectivity index (χ0v) is 26.1. The molecular formula is C33H41N7O4. The number of hydrogen-bond donors (Lipinski definition) is 2. The molecule has 0 unspecified atom stereocenters. The average molecular weight is 600 g/mol. The number of hydrogen-bond acceptors (Lipinski definition) is 7. The van der Waals surface area contributed by atoms with Crippen molar-refractivity contribution in [2.24, 2.45) is 5.41 Å². The van der Waals surface area contributed by atoms with Gasteiger partial charge in [-0.3, -0.25) is 24.0 Å². The van der Waals surface area contributed by atoms with Gasteiger partial charge in [0, 0.05) is 73.6 Å². The number of fused-ring (bicyclic) bond motifs is 3. The van der Waals surface area contributed by atoms with Gasteiger partial charge >= 0.3 is 0 Å². The molecule has 11 nitrogen and oxygen atoms in total. The van der Waals surface area contributed by atoms with Crippen molar-refractivity contribution in [2.45, 2.75) is 66.1 Å². The largest absolute Gasteiger partial charge is 0.381 e. The van der Waals surface area contributed by atoms with Crippen LogP contribution in [0.4, 0.5) is 5.82 Å². The minimum absolute atomic E-state index is 0.0214. The van der Waals surface area contributed by atoms with E-state index in [9.17, 15) is 14.4 Å². The number of piperazine rings is 1. The lowest BCUT2D eigenvalue weighted by Gasteiger charge is -2.40. The number of rotatable bonds is 5. The maximum absolute atomic E-state index is 14.0. The second kappa shape index (κ2) is 11.8. The second-order valence-electron chi connectivity index (χ2n) is 13.1. The van der Waals surface area contributed by atoms with Crippen LogP contribution >= 0.6 is 0 Å². The second-order valence-corrected chi connectivity index (χ2v) is 13.1. The fourth-order valence-corrected chi connectivity index (χ4v) is 6.21. The summed E-state index contributed by atoms with van der Waals surface area (Å²) in [6, 6.07) is 7.94. The van der Waals surface area contributed by atoms with Crippen molar-refractivity contribution >= 4 is 39.4 Å². The first kappa shape index (κ1) is 30.0. The Morgan fingerprint density at radius 2 is 1.91 bits per heavy atom. The summed E-state index contributed by atoms with van der Waals surface area (Å²) >= 11 is 0. The predicted molar refractivity (Wildman–Crippen MR) is 170 cm³/mol. The van der Waals surface area contributed by atoms with Gasteiger partial charge in [-0.2, -0.15) is 5.10 Å². The van der Waals surface area contributed by atoms with Crippen LogP contribution in [0, 0.1) is 12.3 Å². The number of pyridine rings is 2. The van der Waals surface area contributed by atoms with Gasteiger partial charge in [-0.25, -0.2) is 4.98 Å². The standard InChI is InChI=1S/C33H41N7O4/c1-20-15-27-25(28-26(30(41)36-27)17-35-40(28)23-8-13-44-14-9-23)16-24(20)31(42)39-12-11-38(21(2)18-39)19-22-7-6-10-34-29(22)37-32(43)33(3,4)5/h6-7,10,15-17,21,23H,8-9,11-14,18-19H2,1-5H3,(H,36,41)(H,34,37,43)/t21-/m0/s1. The van der Waals surface area contributed by atoms with E-state index in [2.05, 4.69) is 32.2 Å². The molecule has 2 fully saturated rings. The highest BCUT2D eigenvalue weighted by Gasteiger charge is 2.30. The molecule has 0 saturated carbocycles. The van der Waals surface area contributed by atoms with Gasteiger partial charge in [0.05, 0.1) is 28.7 Å². The molecule has 0 spiro atoms. The molecule has 44 heavy (non-hydrogen) atoms. The van der Waals surface area contributed by atoms with Crippen molar-refractivity contribution in [1.82, 2.24) is 29.5 Å². The predicted octanol–water partition coefficient (Wildman–Crippen LogP) is 4.26. The highest BCUT2D eigenvalue weighted by atomic mass is 16.5. The normalized spacial score (nSPS) is 18.7. The Kier molecular flexibility index (Phi) is 8.02. The highest BCUT2D eigenvalue weighted by Crippen LogP contribution is 2.31. The van der Waals surface area contributed by atoms with E-state index in [4.69, 9.17) is 4.74 Å². The molecular weight excluding hydrogens is 558 g/mol. The number of aromatic amines is 1. The number of anilines is 1. The summed E-state index contributed by atoms with van der Waals surface area (Å²) < 4.78 is 7.51. The Labute approximate surface area is 256 Å². The number of aryl methyl sites for hydroxylation is 1. The van der Waals surface area contributed by atoms with Gasteiger partial charge in [-0.15, -0.1) is 0 Å². The molecule has 6 rings (SSSR count). The van der Waals surface area contributed by atoms with Crippen LogP contribution < -0.4 is 10.9 Å². The Morgan fingerprint density at radius 3 is 2.64 bits per heavy atom. The fraction of sp³-hybridized carbons (Fsp3) is 0.485. The molecule has 3 aromatic heterocycles. The Hall–Kier alpha value is -4.09. The number of amides is 2. The number of benzene rings is 1. The lowest BCUT2D eigenvalue weighted by atomic mass is 9.95. The van der Waals surface area contributed by atoms with Crippen molar-refractivity contribution in [2.75, 3.05) is 38.2 Å². The van der Waals surface area contributed by atoms with E-state index in [1.54, 1.807) is 12.4 Å². The molecule has 5 heterocycles. The van der Waals surface area contributed by atoms with E-state index < -0.39 is 5.41 Å². The number of nitrogens with zero attached hydrogens (tertiary/aromatic N) is 5. The summed E-state index contributed by atoms with van der Waals surface area (Å²) in [5, 5.41) is 8.96. The summed E-state index contributed by atoms with van der Waals surface area (Å²) in [6.45, 7) is 13.4. The summed E-state index contributed by atoms with van der Waals surface area (Å²) in [7, 11) is 0. The van der Waals surface area contributed by atoms with Crippen LogP contribution in [0.5, 0.6) is 0 Å². The monoisotopic (exact) mass is 599 g/mol. The van der Waals surface area contributed by atoms with Gasteiger partial charge in [0.25, 0.3) is 11.5 Å².